The minimum absolute atomic E-state index is 0.0380. The number of esters is 1. The van der Waals surface area contributed by atoms with E-state index in [2.05, 4.69) is 5.32 Å². The number of ether oxygens (including phenoxy) is 1. The first-order valence-corrected chi connectivity index (χ1v) is 12.0. The van der Waals surface area contributed by atoms with Crippen molar-refractivity contribution in [3.05, 3.63) is 65.7 Å². The van der Waals surface area contributed by atoms with Crippen LogP contribution in [0.25, 0.3) is 0 Å². The van der Waals surface area contributed by atoms with Gasteiger partial charge >= 0.3 is 5.97 Å². The lowest BCUT2D eigenvalue weighted by Crippen LogP contribution is -2.48. The molecule has 1 aliphatic carbocycles. The quantitative estimate of drug-likeness (QED) is 0.637. The number of hydrogen-bond donors (Lipinski definition) is 2. The summed E-state index contributed by atoms with van der Waals surface area (Å²) in [6.07, 6.45) is 3.90. The molecule has 34 heavy (non-hydrogen) atoms. The third-order valence-electron chi connectivity index (χ3n) is 7.21. The van der Waals surface area contributed by atoms with Gasteiger partial charge in [-0.2, -0.15) is 0 Å². The molecule has 0 bridgehead atoms. The lowest BCUT2D eigenvalue weighted by Gasteiger charge is -2.33. The second-order valence-corrected chi connectivity index (χ2v) is 9.24. The van der Waals surface area contributed by atoms with Gasteiger partial charge in [0.25, 0.3) is 0 Å². The predicted molar refractivity (Wildman–Crippen MR) is 128 cm³/mol. The molecule has 2 fully saturated rings. The molecule has 1 heterocycles. The number of carbonyl (C=O) groups is 3. The minimum Gasteiger partial charge on any atom is -0.465 e. The first-order chi connectivity index (χ1) is 16.5. The first kappa shape index (κ1) is 24.0. The first-order valence-electron chi connectivity index (χ1n) is 12.0. The van der Waals surface area contributed by atoms with Crippen molar-refractivity contribution < 1.29 is 24.2 Å². The molecular formula is C27H32N2O5. The van der Waals surface area contributed by atoms with E-state index < -0.39 is 12.0 Å². The van der Waals surface area contributed by atoms with Gasteiger partial charge in [0.15, 0.2) is 0 Å². The summed E-state index contributed by atoms with van der Waals surface area (Å²) in [6, 6.07) is 15.8. The van der Waals surface area contributed by atoms with Crippen molar-refractivity contribution >= 4 is 23.5 Å². The number of aliphatic hydroxyl groups excluding tert-OH is 1. The largest absolute Gasteiger partial charge is 0.465 e. The van der Waals surface area contributed by atoms with Crippen LogP contribution in [0.5, 0.6) is 0 Å². The fourth-order valence-electron chi connectivity index (χ4n) is 5.26. The molecule has 2 unspecified atom stereocenters. The molecule has 1 saturated heterocycles. The molecule has 0 spiro atoms. The number of aliphatic hydroxyl groups is 1. The van der Waals surface area contributed by atoms with Crippen molar-refractivity contribution in [1.29, 1.82) is 0 Å². The summed E-state index contributed by atoms with van der Waals surface area (Å²) in [5.74, 6) is -0.553. The van der Waals surface area contributed by atoms with Crippen LogP contribution in [0.15, 0.2) is 54.6 Å². The van der Waals surface area contributed by atoms with E-state index in [0.29, 0.717) is 17.8 Å². The summed E-state index contributed by atoms with van der Waals surface area (Å²) in [5, 5.41) is 12.4. The minimum atomic E-state index is -0.606. The molecule has 1 saturated carbocycles. The Hall–Kier alpha value is -3.19. The summed E-state index contributed by atoms with van der Waals surface area (Å²) >= 11 is 0. The molecule has 2 aromatic rings. The average molecular weight is 465 g/mol. The van der Waals surface area contributed by atoms with E-state index in [1.54, 1.807) is 29.2 Å². The summed E-state index contributed by atoms with van der Waals surface area (Å²) in [4.78, 5) is 40.5. The molecule has 0 radical (unpaired) electrons. The Balaban J connectivity index is 1.54. The molecule has 1 aliphatic heterocycles. The van der Waals surface area contributed by atoms with E-state index in [4.69, 9.17) is 4.74 Å². The van der Waals surface area contributed by atoms with Gasteiger partial charge in [0.1, 0.15) is 6.04 Å². The Morgan fingerprint density at radius 1 is 0.971 bits per heavy atom. The van der Waals surface area contributed by atoms with Crippen LogP contribution in [-0.2, 0) is 14.3 Å². The topological polar surface area (TPSA) is 95.9 Å². The molecule has 2 aliphatic rings. The Bertz CT molecular complexity index is 999. The highest BCUT2D eigenvalue weighted by molar-refractivity contribution is 5.99. The number of nitrogens with one attached hydrogen (secondary N) is 1. The van der Waals surface area contributed by atoms with Gasteiger partial charge in [0.05, 0.1) is 12.7 Å². The van der Waals surface area contributed by atoms with Crippen molar-refractivity contribution in [1.82, 2.24) is 4.90 Å². The Kier molecular flexibility index (Phi) is 7.63. The number of methoxy groups -OCH3 is 1. The van der Waals surface area contributed by atoms with Crippen molar-refractivity contribution in [3.8, 4) is 0 Å². The number of benzene rings is 2. The van der Waals surface area contributed by atoms with Crippen molar-refractivity contribution in [2.24, 2.45) is 11.8 Å². The SMILES string of the molecule is COC(=O)c1ccc(NC(=O)C2C(c3ccccc3)CCN2C(=O)C2CCC(CO)CC2)cc1. The maximum absolute atomic E-state index is 13.5. The molecule has 2 atom stereocenters. The fourth-order valence-corrected chi connectivity index (χ4v) is 5.26. The van der Waals surface area contributed by atoms with Crippen LogP contribution in [0.1, 0.15) is 53.9 Å². The zero-order chi connectivity index (χ0) is 24.1. The highest BCUT2D eigenvalue weighted by Gasteiger charge is 2.44. The van der Waals surface area contributed by atoms with Crippen LogP contribution in [0.3, 0.4) is 0 Å². The summed E-state index contributed by atoms with van der Waals surface area (Å²) < 4.78 is 4.73. The van der Waals surface area contributed by atoms with E-state index in [-0.39, 0.29) is 36.2 Å². The Labute approximate surface area is 200 Å². The zero-order valence-corrected chi connectivity index (χ0v) is 19.5. The number of carbonyl (C=O) groups excluding carboxylic acids is 3. The zero-order valence-electron chi connectivity index (χ0n) is 19.5. The van der Waals surface area contributed by atoms with Gasteiger partial charge in [-0.15, -0.1) is 0 Å². The van der Waals surface area contributed by atoms with Gasteiger partial charge in [0, 0.05) is 30.7 Å². The normalized spacial score (nSPS) is 24.5. The smallest absolute Gasteiger partial charge is 0.337 e. The fraction of sp³-hybridized carbons (Fsp3) is 0.444. The number of amides is 2. The molecular weight excluding hydrogens is 432 g/mol. The maximum atomic E-state index is 13.5. The van der Waals surface area contributed by atoms with Crippen LogP contribution in [0, 0.1) is 11.8 Å². The van der Waals surface area contributed by atoms with Gasteiger partial charge in [0.2, 0.25) is 11.8 Å². The van der Waals surface area contributed by atoms with Crippen LogP contribution in [0.2, 0.25) is 0 Å². The number of anilines is 1. The van der Waals surface area contributed by atoms with E-state index in [9.17, 15) is 19.5 Å². The lowest BCUT2D eigenvalue weighted by molar-refractivity contribution is -0.141. The van der Waals surface area contributed by atoms with Crippen LogP contribution >= 0.6 is 0 Å². The number of hydrogen-bond acceptors (Lipinski definition) is 5. The average Bonchev–Trinajstić information content (AvgIpc) is 3.34. The maximum Gasteiger partial charge on any atom is 0.337 e. The van der Waals surface area contributed by atoms with E-state index in [1.807, 2.05) is 30.3 Å². The van der Waals surface area contributed by atoms with Crippen LogP contribution < -0.4 is 5.32 Å². The summed E-state index contributed by atoms with van der Waals surface area (Å²) in [6.45, 7) is 0.707. The van der Waals surface area contributed by atoms with Crippen LogP contribution in [-0.4, -0.2) is 54.1 Å². The molecule has 7 heteroatoms. The molecule has 2 N–H and O–H groups in total. The third-order valence-corrected chi connectivity index (χ3v) is 7.21. The number of nitrogens with zero attached hydrogens (tertiary/aromatic N) is 1. The molecule has 2 amide bonds. The second kappa shape index (κ2) is 10.8. The Morgan fingerprint density at radius 3 is 2.26 bits per heavy atom. The highest BCUT2D eigenvalue weighted by Crippen LogP contribution is 2.37. The van der Waals surface area contributed by atoms with Crippen LogP contribution in [0.4, 0.5) is 5.69 Å². The number of rotatable bonds is 6. The molecule has 7 nitrogen and oxygen atoms in total. The predicted octanol–water partition coefficient (Wildman–Crippen LogP) is 3.60. The molecule has 0 aromatic heterocycles. The van der Waals surface area contributed by atoms with Gasteiger partial charge in [-0.05, 0) is 67.9 Å². The van der Waals surface area contributed by atoms with Gasteiger partial charge in [-0.25, -0.2) is 4.79 Å². The Morgan fingerprint density at radius 2 is 1.65 bits per heavy atom. The lowest BCUT2D eigenvalue weighted by atomic mass is 9.81. The van der Waals surface area contributed by atoms with E-state index in [0.717, 1.165) is 37.7 Å². The highest BCUT2D eigenvalue weighted by atomic mass is 16.5. The summed E-state index contributed by atoms with van der Waals surface area (Å²) in [5.41, 5.74) is 2.01. The van der Waals surface area contributed by atoms with Gasteiger partial charge in [-0.1, -0.05) is 30.3 Å². The van der Waals surface area contributed by atoms with E-state index in [1.165, 1.54) is 7.11 Å². The van der Waals surface area contributed by atoms with Crippen molar-refractivity contribution in [3.63, 3.8) is 0 Å². The molecule has 2 aromatic carbocycles. The molecule has 180 valence electrons. The van der Waals surface area contributed by atoms with Gasteiger partial charge < -0.3 is 20.1 Å². The van der Waals surface area contributed by atoms with Crippen molar-refractivity contribution in [2.75, 3.05) is 25.6 Å². The third kappa shape index (κ3) is 5.14. The number of likely N-dealkylation sites (tertiary alicyclic amines) is 1. The van der Waals surface area contributed by atoms with Gasteiger partial charge in [-0.3, -0.25) is 9.59 Å². The summed E-state index contributed by atoms with van der Waals surface area (Å²) in [7, 11) is 1.32. The van der Waals surface area contributed by atoms with E-state index >= 15 is 0 Å². The second-order valence-electron chi connectivity index (χ2n) is 9.24. The standard InChI is InChI=1S/C27H32N2O5/c1-34-27(33)21-11-13-22(14-12-21)28-25(31)24-23(19-5-3-2-4-6-19)15-16-29(24)26(32)20-9-7-18(17-30)8-10-20/h2-6,11-14,18,20,23-24,30H,7-10,15-17H2,1H3,(H,28,31). The molecule has 4 rings (SSSR count). The van der Waals surface area contributed by atoms with Crippen molar-refractivity contribution in [2.45, 2.75) is 44.1 Å². The monoisotopic (exact) mass is 464 g/mol.